The van der Waals surface area contributed by atoms with E-state index < -0.39 is 5.54 Å². The van der Waals surface area contributed by atoms with Crippen molar-refractivity contribution in [3.05, 3.63) is 63.9 Å². The monoisotopic (exact) mass is 381 g/mol. The number of benzene rings is 1. The third-order valence-corrected chi connectivity index (χ3v) is 6.18. The summed E-state index contributed by atoms with van der Waals surface area (Å²) in [4.78, 5) is 9.31. The molecule has 5 heteroatoms. The smallest absolute Gasteiger partial charge is 0.216 e. The number of halogens is 1. The van der Waals surface area contributed by atoms with Gasteiger partial charge in [-0.2, -0.15) is 0 Å². The summed E-state index contributed by atoms with van der Waals surface area (Å²) in [5, 5.41) is 1.88. The number of ether oxygens (including phenoxy) is 1. The number of nitrogens with zero attached hydrogens (tertiary/aromatic N) is 2. The van der Waals surface area contributed by atoms with Crippen LogP contribution in [0.4, 0.5) is 0 Å². The summed E-state index contributed by atoms with van der Waals surface area (Å²) in [6.07, 6.45) is 4.52. The lowest BCUT2D eigenvalue weighted by Crippen LogP contribution is -2.39. The molecular formula is C22H24ClN3O. The van der Waals surface area contributed by atoms with Crippen molar-refractivity contribution in [2.75, 3.05) is 7.11 Å². The first-order valence-corrected chi connectivity index (χ1v) is 9.73. The van der Waals surface area contributed by atoms with Crippen LogP contribution < -0.4 is 10.5 Å². The first-order chi connectivity index (χ1) is 13.0. The lowest BCUT2D eigenvalue weighted by Gasteiger charge is -2.32. The number of aromatic nitrogens is 2. The maximum absolute atomic E-state index is 6.88. The molecule has 0 aliphatic heterocycles. The van der Waals surface area contributed by atoms with Crippen LogP contribution >= 0.6 is 11.6 Å². The fraction of sp³-hybridized carbons (Fsp3) is 0.364. The Hall–Kier alpha value is -2.17. The number of fused-ring (bicyclic) bond motifs is 2. The van der Waals surface area contributed by atoms with Crippen molar-refractivity contribution >= 4 is 22.5 Å². The summed E-state index contributed by atoms with van der Waals surface area (Å²) in [5.41, 5.74) is 11.5. The number of aryl methyl sites for hydroxylation is 1. The topological polar surface area (TPSA) is 61.0 Å². The summed E-state index contributed by atoms with van der Waals surface area (Å²) < 4.78 is 5.46. The molecule has 4 nitrogen and oxygen atoms in total. The molecule has 2 N–H and O–H groups in total. The molecular weight excluding hydrogens is 358 g/mol. The van der Waals surface area contributed by atoms with Crippen molar-refractivity contribution < 1.29 is 4.74 Å². The van der Waals surface area contributed by atoms with Gasteiger partial charge in [0.25, 0.3) is 0 Å². The summed E-state index contributed by atoms with van der Waals surface area (Å²) >= 11 is 6.37. The zero-order valence-electron chi connectivity index (χ0n) is 15.9. The average molecular weight is 382 g/mol. The van der Waals surface area contributed by atoms with Crippen LogP contribution in [-0.4, -0.2) is 17.1 Å². The zero-order valence-corrected chi connectivity index (χ0v) is 16.7. The molecule has 0 fully saturated rings. The highest BCUT2D eigenvalue weighted by Crippen LogP contribution is 2.45. The number of hydrogen-bond acceptors (Lipinski definition) is 4. The van der Waals surface area contributed by atoms with Crippen molar-refractivity contribution in [2.24, 2.45) is 5.73 Å². The third-order valence-electron chi connectivity index (χ3n) is 5.82. The minimum absolute atomic E-state index is 0.125. The minimum atomic E-state index is -0.560. The Kier molecular flexibility index (Phi) is 4.57. The molecule has 0 saturated carbocycles. The minimum Gasteiger partial charge on any atom is -0.481 e. The molecule has 0 radical (unpaired) electrons. The highest BCUT2D eigenvalue weighted by Gasteiger charge is 2.39. The second-order valence-corrected chi connectivity index (χ2v) is 7.86. The number of nitrogens with two attached hydrogens (primary N) is 1. The van der Waals surface area contributed by atoms with E-state index in [0.717, 1.165) is 57.6 Å². The van der Waals surface area contributed by atoms with Gasteiger partial charge in [-0.3, -0.25) is 4.98 Å². The summed E-state index contributed by atoms with van der Waals surface area (Å²) in [6, 6.07) is 10.3. The number of methoxy groups -OCH3 is 1. The van der Waals surface area contributed by atoms with Gasteiger partial charge in [-0.1, -0.05) is 30.7 Å². The van der Waals surface area contributed by atoms with E-state index in [2.05, 4.69) is 43.1 Å². The normalized spacial score (nSPS) is 18.3. The lowest BCUT2D eigenvalue weighted by atomic mass is 9.78. The van der Waals surface area contributed by atoms with Gasteiger partial charge in [-0.15, -0.1) is 0 Å². The second-order valence-electron chi connectivity index (χ2n) is 7.45. The molecule has 27 heavy (non-hydrogen) atoms. The second kappa shape index (κ2) is 6.77. The highest BCUT2D eigenvalue weighted by atomic mass is 35.5. The van der Waals surface area contributed by atoms with Crippen molar-refractivity contribution in [1.82, 2.24) is 9.97 Å². The van der Waals surface area contributed by atoms with Crippen LogP contribution in [0.1, 0.15) is 48.6 Å². The molecule has 2 aromatic heterocycles. The average Bonchev–Trinajstić information content (AvgIpc) is 3.12. The molecule has 1 aliphatic carbocycles. The third kappa shape index (κ3) is 2.97. The summed E-state index contributed by atoms with van der Waals surface area (Å²) in [7, 11) is 1.66. The molecule has 1 aliphatic rings. The van der Waals surface area contributed by atoms with E-state index in [4.69, 9.17) is 27.1 Å². The quantitative estimate of drug-likeness (QED) is 0.707. The van der Waals surface area contributed by atoms with Crippen LogP contribution in [0.5, 0.6) is 5.88 Å². The maximum atomic E-state index is 6.88. The fourth-order valence-electron chi connectivity index (χ4n) is 4.20. The fourth-order valence-corrected chi connectivity index (χ4v) is 4.45. The lowest BCUT2D eigenvalue weighted by molar-refractivity contribution is 0.381. The molecule has 1 aromatic carbocycles. The van der Waals surface area contributed by atoms with E-state index in [1.165, 1.54) is 0 Å². The number of hydrogen-bond donors (Lipinski definition) is 1. The zero-order chi connectivity index (χ0) is 19.2. The van der Waals surface area contributed by atoms with Crippen molar-refractivity contribution in [2.45, 2.75) is 44.6 Å². The van der Waals surface area contributed by atoms with Crippen LogP contribution in [0.25, 0.3) is 10.9 Å². The van der Waals surface area contributed by atoms with Crippen LogP contribution in [0.15, 0.2) is 36.5 Å². The Morgan fingerprint density at radius 2 is 2.11 bits per heavy atom. The summed E-state index contributed by atoms with van der Waals surface area (Å²) in [6.45, 7) is 4.18. The Balaban J connectivity index is 1.79. The van der Waals surface area contributed by atoms with E-state index in [9.17, 15) is 0 Å². The Labute approximate surface area is 164 Å². The molecule has 0 saturated heterocycles. The molecule has 0 unspecified atom stereocenters. The van der Waals surface area contributed by atoms with Gasteiger partial charge in [-0.05, 0) is 55.5 Å². The van der Waals surface area contributed by atoms with E-state index >= 15 is 0 Å². The molecule has 2 atom stereocenters. The van der Waals surface area contributed by atoms with Crippen LogP contribution in [-0.2, 0) is 18.4 Å². The molecule has 0 bridgehead atoms. The van der Waals surface area contributed by atoms with Gasteiger partial charge in [0.2, 0.25) is 5.88 Å². The van der Waals surface area contributed by atoms with E-state index in [-0.39, 0.29) is 5.92 Å². The number of pyridine rings is 2. The van der Waals surface area contributed by atoms with Gasteiger partial charge >= 0.3 is 0 Å². The van der Waals surface area contributed by atoms with Crippen molar-refractivity contribution in [3.8, 4) is 5.88 Å². The van der Waals surface area contributed by atoms with E-state index in [0.29, 0.717) is 5.88 Å². The van der Waals surface area contributed by atoms with Crippen LogP contribution in [0.3, 0.4) is 0 Å². The van der Waals surface area contributed by atoms with Crippen molar-refractivity contribution in [1.29, 1.82) is 0 Å². The Bertz CT molecular complexity index is 1020. The van der Waals surface area contributed by atoms with Gasteiger partial charge in [0.15, 0.2) is 0 Å². The van der Waals surface area contributed by atoms with E-state index in [1.807, 2.05) is 6.07 Å². The van der Waals surface area contributed by atoms with Gasteiger partial charge in [0.05, 0.1) is 18.3 Å². The molecule has 3 aromatic rings. The SMILES string of the molecule is CCc1cc2ccc([C@](C)(N)[C@H]3CCc4c(Cl)ccnc43)cc2nc1OC. The van der Waals surface area contributed by atoms with Gasteiger partial charge in [-0.25, -0.2) is 4.98 Å². The maximum Gasteiger partial charge on any atom is 0.216 e. The highest BCUT2D eigenvalue weighted by molar-refractivity contribution is 6.31. The predicted octanol–water partition coefficient (Wildman–Crippen LogP) is 4.76. The standard InChI is InChI=1S/C22H24ClN3O/c1-4-13-11-14-5-6-15(12-19(14)26-21(13)27-3)22(2,24)17-8-7-16-18(23)9-10-25-20(16)17/h5-6,9-12,17H,4,7-8,24H2,1-3H3/t17-,22-/m0/s1. The first kappa shape index (κ1) is 18.2. The Morgan fingerprint density at radius 3 is 2.85 bits per heavy atom. The van der Waals surface area contributed by atoms with Crippen LogP contribution in [0, 0.1) is 0 Å². The van der Waals surface area contributed by atoms with Gasteiger partial charge < -0.3 is 10.5 Å². The first-order valence-electron chi connectivity index (χ1n) is 9.36. The Morgan fingerprint density at radius 1 is 1.30 bits per heavy atom. The number of rotatable bonds is 4. The van der Waals surface area contributed by atoms with Crippen molar-refractivity contribution in [3.63, 3.8) is 0 Å². The molecule has 140 valence electrons. The molecule has 4 rings (SSSR count). The largest absolute Gasteiger partial charge is 0.481 e. The molecule has 2 heterocycles. The predicted molar refractivity (Wildman–Crippen MR) is 110 cm³/mol. The van der Waals surface area contributed by atoms with E-state index in [1.54, 1.807) is 13.3 Å². The molecule has 0 amide bonds. The van der Waals surface area contributed by atoms with Gasteiger partial charge in [0.1, 0.15) is 0 Å². The van der Waals surface area contributed by atoms with Crippen LogP contribution in [0.2, 0.25) is 5.02 Å². The van der Waals surface area contributed by atoms with Gasteiger partial charge in [0, 0.05) is 33.6 Å². The summed E-state index contributed by atoms with van der Waals surface area (Å²) in [5.74, 6) is 0.806. The molecule has 0 spiro atoms.